The molecule has 3 rings (SSSR count). The number of anilines is 1. The molecule has 6 heteroatoms. The number of aryl methyl sites for hydroxylation is 1. The van der Waals surface area contributed by atoms with Crippen molar-refractivity contribution in [3.05, 3.63) is 65.7 Å². The zero-order valence-electron chi connectivity index (χ0n) is 14.2. The van der Waals surface area contributed by atoms with Crippen LogP contribution in [0.5, 0.6) is 0 Å². The standard InChI is InChI=1S/C19H19N3O3/c1-3-16-21-17(15-7-5-6-12-22(15)16)18(23)20-14-10-8-13(9-11-14)19(24)25-4-2/h5-12H,3-4H2,1-2H3,(H,20,23). The maximum atomic E-state index is 12.6. The molecule has 0 atom stereocenters. The molecule has 0 aliphatic rings. The average molecular weight is 337 g/mol. The summed E-state index contributed by atoms with van der Waals surface area (Å²) in [6.07, 6.45) is 2.62. The lowest BCUT2D eigenvalue weighted by Gasteiger charge is -2.05. The number of ether oxygens (including phenoxy) is 1. The molecule has 0 fully saturated rings. The number of esters is 1. The second kappa shape index (κ2) is 7.17. The Morgan fingerprint density at radius 1 is 1.12 bits per heavy atom. The number of nitrogens with one attached hydrogen (secondary N) is 1. The van der Waals surface area contributed by atoms with Crippen LogP contribution in [0.4, 0.5) is 5.69 Å². The summed E-state index contributed by atoms with van der Waals surface area (Å²) in [5.74, 6) is 0.166. The number of aromatic nitrogens is 2. The third kappa shape index (κ3) is 3.38. The average Bonchev–Trinajstić information content (AvgIpc) is 3.01. The summed E-state index contributed by atoms with van der Waals surface area (Å²) in [5, 5.41) is 2.82. The minimum Gasteiger partial charge on any atom is -0.462 e. The van der Waals surface area contributed by atoms with Crippen molar-refractivity contribution in [2.24, 2.45) is 0 Å². The quantitative estimate of drug-likeness (QED) is 0.725. The van der Waals surface area contributed by atoms with Crippen molar-refractivity contribution >= 4 is 23.1 Å². The minimum absolute atomic E-state index is 0.285. The third-order valence-electron chi connectivity index (χ3n) is 3.81. The van der Waals surface area contributed by atoms with Crippen LogP contribution in [-0.4, -0.2) is 27.9 Å². The van der Waals surface area contributed by atoms with Crippen LogP contribution in [-0.2, 0) is 11.2 Å². The summed E-state index contributed by atoms with van der Waals surface area (Å²) in [7, 11) is 0. The van der Waals surface area contributed by atoms with E-state index in [4.69, 9.17) is 4.74 Å². The van der Waals surface area contributed by atoms with Crippen LogP contribution in [0.1, 0.15) is 40.5 Å². The van der Waals surface area contributed by atoms with Crippen LogP contribution in [0.3, 0.4) is 0 Å². The SMILES string of the molecule is CCOC(=O)c1ccc(NC(=O)c2nc(CC)n3ccccc23)cc1. The summed E-state index contributed by atoms with van der Waals surface area (Å²) in [6.45, 7) is 4.08. The molecule has 0 unspecified atom stereocenters. The fourth-order valence-corrected chi connectivity index (χ4v) is 2.61. The van der Waals surface area contributed by atoms with Gasteiger partial charge >= 0.3 is 5.97 Å². The third-order valence-corrected chi connectivity index (χ3v) is 3.81. The van der Waals surface area contributed by atoms with Crippen LogP contribution in [0.25, 0.3) is 5.52 Å². The van der Waals surface area contributed by atoms with Crippen molar-refractivity contribution in [1.82, 2.24) is 9.38 Å². The first kappa shape index (κ1) is 16.7. The van der Waals surface area contributed by atoms with E-state index in [1.807, 2.05) is 35.7 Å². The van der Waals surface area contributed by atoms with Gasteiger partial charge in [-0.15, -0.1) is 0 Å². The first-order chi connectivity index (χ1) is 12.1. The van der Waals surface area contributed by atoms with Gasteiger partial charge in [-0.25, -0.2) is 9.78 Å². The first-order valence-corrected chi connectivity index (χ1v) is 8.18. The highest BCUT2D eigenvalue weighted by atomic mass is 16.5. The number of carbonyl (C=O) groups excluding carboxylic acids is 2. The van der Waals surface area contributed by atoms with E-state index < -0.39 is 0 Å². The summed E-state index contributed by atoms with van der Waals surface area (Å²) in [6, 6.07) is 12.2. The van der Waals surface area contributed by atoms with Crippen molar-refractivity contribution in [3.63, 3.8) is 0 Å². The van der Waals surface area contributed by atoms with Gasteiger partial charge in [0.05, 0.1) is 17.7 Å². The molecule has 6 nitrogen and oxygen atoms in total. The van der Waals surface area contributed by atoms with Gasteiger partial charge in [-0.05, 0) is 43.3 Å². The Morgan fingerprint density at radius 3 is 2.56 bits per heavy atom. The number of amides is 1. The number of hydrogen-bond donors (Lipinski definition) is 1. The number of pyridine rings is 1. The second-order valence-electron chi connectivity index (χ2n) is 5.44. The summed E-state index contributed by atoms with van der Waals surface area (Å²) >= 11 is 0. The Hall–Kier alpha value is -3.15. The molecule has 128 valence electrons. The van der Waals surface area contributed by atoms with Crippen LogP contribution in [0.2, 0.25) is 0 Å². The molecule has 0 bridgehead atoms. The van der Waals surface area contributed by atoms with Crippen LogP contribution in [0, 0.1) is 0 Å². The fraction of sp³-hybridized carbons (Fsp3) is 0.211. The Bertz CT molecular complexity index is 913. The topological polar surface area (TPSA) is 72.7 Å². The predicted octanol–water partition coefficient (Wildman–Crippen LogP) is 3.33. The number of hydrogen-bond acceptors (Lipinski definition) is 4. The Balaban J connectivity index is 1.82. The molecule has 2 heterocycles. The first-order valence-electron chi connectivity index (χ1n) is 8.18. The highest BCUT2D eigenvalue weighted by Gasteiger charge is 2.16. The van der Waals surface area contributed by atoms with Gasteiger partial charge in [-0.3, -0.25) is 4.79 Å². The van der Waals surface area contributed by atoms with Gasteiger partial charge in [0.1, 0.15) is 5.82 Å². The van der Waals surface area contributed by atoms with Crippen LogP contribution < -0.4 is 5.32 Å². The van der Waals surface area contributed by atoms with Crippen molar-refractivity contribution in [2.45, 2.75) is 20.3 Å². The highest BCUT2D eigenvalue weighted by molar-refractivity contribution is 6.07. The Labute approximate surface area is 145 Å². The molecule has 25 heavy (non-hydrogen) atoms. The molecule has 0 spiro atoms. The molecule has 0 aliphatic carbocycles. The van der Waals surface area contributed by atoms with Gasteiger partial charge in [-0.1, -0.05) is 13.0 Å². The molecule has 0 aliphatic heterocycles. The maximum Gasteiger partial charge on any atom is 0.338 e. The predicted molar refractivity (Wildman–Crippen MR) is 94.9 cm³/mol. The van der Waals surface area contributed by atoms with Gasteiger partial charge in [0.15, 0.2) is 5.69 Å². The summed E-state index contributed by atoms with van der Waals surface area (Å²) in [4.78, 5) is 28.7. The van der Waals surface area contributed by atoms with Crippen molar-refractivity contribution in [3.8, 4) is 0 Å². The molecule has 1 amide bonds. The molecular formula is C19H19N3O3. The number of carbonyl (C=O) groups is 2. The summed E-state index contributed by atoms with van der Waals surface area (Å²) in [5.41, 5.74) is 2.18. The van der Waals surface area contributed by atoms with Gasteiger partial charge in [0, 0.05) is 18.3 Å². The second-order valence-corrected chi connectivity index (χ2v) is 5.44. The van der Waals surface area contributed by atoms with Crippen LogP contribution >= 0.6 is 0 Å². The molecular weight excluding hydrogens is 318 g/mol. The lowest BCUT2D eigenvalue weighted by atomic mass is 10.2. The van der Waals surface area contributed by atoms with E-state index in [0.717, 1.165) is 17.8 Å². The van der Waals surface area contributed by atoms with E-state index >= 15 is 0 Å². The molecule has 3 aromatic rings. The smallest absolute Gasteiger partial charge is 0.338 e. The van der Waals surface area contributed by atoms with Gasteiger partial charge < -0.3 is 14.5 Å². The Kier molecular flexibility index (Phi) is 4.79. The monoisotopic (exact) mass is 337 g/mol. The van der Waals surface area contributed by atoms with Gasteiger partial charge in [0.25, 0.3) is 5.91 Å². The lowest BCUT2D eigenvalue weighted by Crippen LogP contribution is -2.13. The van der Waals surface area contributed by atoms with Crippen molar-refractivity contribution in [2.75, 3.05) is 11.9 Å². The van der Waals surface area contributed by atoms with E-state index in [9.17, 15) is 9.59 Å². The molecule has 2 aromatic heterocycles. The molecule has 1 N–H and O–H groups in total. The summed E-state index contributed by atoms with van der Waals surface area (Å²) < 4.78 is 6.86. The lowest BCUT2D eigenvalue weighted by molar-refractivity contribution is 0.0526. The van der Waals surface area contributed by atoms with E-state index in [1.54, 1.807) is 31.2 Å². The zero-order valence-corrected chi connectivity index (χ0v) is 14.2. The number of fused-ring (bicyclic) bond motifs is 1. The largest absolute Gasteiger partial charge is 0.462 e. The minimum atomic E-state index is -0.381. The maximum absolute atomic E-state index is 12.6. The normalized spacial score (nSPS) is 10.6. The number of imidazole rings is 1. The van der Waals surface area contributed by atoms with Crippen LogP contribution in [0.15, 0.2) is 48.7 Å². The van der Waals surface area contributed by atoms with Gasteiger partial charge in [0.2, 0.25) is 0 Å². The number of nitrogens with zero attached hydrogens (tertiary/aromatic N) is 2. The van der Waals surface area contributed by atoms with E-state index in [-0.39, 0.29) is 11.9 Å². The number of benzene rings is 1. The van der Waals surface area contributed by atoms with Gasteiger partial charge in [-0.2, -0.15) is 0 Å². The molecule has 0 saturated carbocycles. The Morgan fingerprint density at radius 2 is 1.88 bits per heavy atom. The molecule has 0 saturated heterocycles. The van der Waals surface area contributed by atoms with E-state index in [0.29, 0.717) is 23.6 Å². The highest BCUT2D eigenvalue weighted by Crippen LogP contribution is 2.17. The molecule has 1 aromatic carbocycles. The fourth-order valence-electron chi connectivity index (χ4n) is 2.61. The van der Waals surface area contributed by atoms with E-state index in [2.05, 4.69) is 10.3 Å². The van der Waals surface area contributed by atoms with Crippen molar-refractivity contribution in [1.29, 1.82) is 0 Å². The molecule has 0 radical (unpaired) electrons. The van der Waals surface area contributed by atoms with E-state index in [1.165, 1.54) is 0 Å². The van der Waals surface area contributed by atoms with Crippen molar-refractivity contribution < 1.29 is 14.3 Å². The zero-order chi connectivity index (χ0) is 17.8. The number of rotatable bonds is 5.